The van der Waals surface area contributed by atoms with Crippen LogP contribution >= 0.6 is 0 Å². The lowest BCUT2D eigenvalue weighted by Crippen LogP contribution is -2.32. The van der Waals surface area contributed by atoms with E-state index in [9.17, 15) is 0 Å². The third kappa shape index (κ3) is 4.07. The van der Waals surface area contributed by atoms with Gasteiger partial charge in [-0.25, -0.2) is 0 Å². The molecule has 1 rings (SSSR count). The maximum atomic E-state index is 2.61. The molecule has 0 aromatic carbocycles. The van der Waals surface area contributed by atoms with Crippen LogP contribution in [0, 0.1) is 0 Å². The van der Waals surface area contributed by atoms with E-state index in [1.54, 1.807) is 0 Å². The molecule has 2 radical (unpaired) electrons. The van der Waals surface area contributed by atoms with Gasteiger partial charge in [-0.05, 0) is 45.8 Å². The van der Waals surface area contributed by atoms with Gasteiger partial charge >= 0.3 is 0 Å². The number of nitrogens with zero attached hydrogens (tertiary/aromatic N) is 1. The van der Waals surface area contributed by atoms with Gasteiger partial charge in [0, 0.05) is 0 Å². The first-order chi connectivity index (χ1) is 5.79. The van der Waals surface area contributed by atoms with Gasteiger partial charge < -0.3 is 4.57 Å². The van der Waals surface area contributed by atoms with Gasteiger partial charge in [0.15, 0.2) is 0 Å². The van der Waals surface area contributed by atoms with Gasteiger partial charge in [-0.2, -0.15) is 0 Å². The van der Waals surface area contributed by atoms with Crippen molar-refractivity contribution in [1.29, 1.82) is 0 Å². The second-order valence-corrected chi connectivity index (χ2v) is 5.05. The van der Waals surface area contributed by atoms with Crippen LogP contribution in [0.3, 0.4) is 0 Å². The quantitative estimate of drug-likeness (QED) is 0.477. The van der Waals surface area contributed by atoms with E-state index in [1.807, 2.05) is 0 Å². The third-order valence-corrected chi connectivity index (χ3v) is 3.46. The summed E-state index contributed by atoms with van der Waals surface area (Å²) in [6.07, 6.45) is 6.64. The van der Waals surface area contributed by atoms with E-state index in [4.69, 9.17) is 0 Å². The molecular formula is C10H19NSi. The molecule has 1 saturated heterocycles. The van der Waals surface area contributed by atoms with E-state index in [0.29, 0.717) is 0 Å². The van der Waals surface area contributed by atoms with E-state index < -0.39 is 0 Å². The van der Waals surface area contributed by atoms with Crippen LogP contribution in [0.5, 0.6) is 0 Å². The Kier molecular flexibility index (Phi) is 4.62. The molecule has 1 aliphatic rings. The number of allylic oxidation sites excluding steroid dienone is 2. The lowest BCUT2D eigenvalue weighted by Gasteiger charge is -2.25. The molecule has 1 heterocycles. The monoisotopic (exact) mass is 181 g/mol. The van der Waals surface area contributed by atoms with E-state index in [0.717, 1.165) is 9.68 Å². The Hall–Kier alpha value is -0.0831. The smallest absolute Gasteiger partial charge is 0.146 e. The van der Waals surface area contributed by atoms with Crippen molar-refractivity contribution in [2.45, 2.75) is 39.2 Å². The Morgan fingerprint density at radius 2 is 1.92 bits per heavy atom. The summed E-state index contributed by atoms with van der Waals surface area (Å²) in [4.78, 5) is 0. The topological polar surface area (TPSA) is 3.24 Å². The summed E-state index contributed by atoms with van der Waals surface area (Å²) >= 11 is 0. The molecule has 0 aromatic rings. The van der Waals surface area contributed by atoms with Crippen LogP contribution in [0.2, 0.25) is 6.04 Å². The molecule has 0 unspecified atom stereocenters. The summed E-state index contributed by atoms with van der Waals surface area (Å²) in [5, 5.41) is 0. The zero-order valence-electron chi connectivity index (χ0n) is 8.27. The highest BCUT2D eigenvalue weighted by Crippen LogP contribution is 2.08. The SMILES string of the molecule is CC(C)=CC[Si]N1CCCCC1. The van der Waals surface area contributed by atoms with Gasteiger partial charge in [-0.3, -0.25) is 0 Å². The fraction of sp³-hybridized carbons (Fsp3) is 0.800. The van der Waals surface area contributed by atoms with Gasteiger partial charge in [0.05, 0.1) is 0 Å². The van der Waals surface area contributed by atoms with Crippen molar-refractivity contribution >= 4 is 9.68 Å². The first-order valence-corrected chi connectivity index (χ1v) is 6.06. The Balaban J connectivity index is 2.09. The van der Waals surface area contributed by atoms with Crippen LogP contribution in [0.15, 0.2) is 11.6 Å². The lowest BCUT2D eigenvalue weighted by molar-refractivity contribution is 0.360. The van der Waals surface area contributed by atoms with E-state index in [2.05, 4.69) is 24.5 Å². The first-order valence-electron chi connectivity index (χ1n) is 4.91. The van der Waals surface area contributed by atoms with Crippen molar-refractivity contribution in [1.82, 2.24) is 4.57 Å². The molecule has 0 amide bonds. The summed E-state index contributed by atoms with van der Waals surface area (Å²) < 4.78 is 2.61. The van der Waals surface area contributed by atoms with Crippen molar-refractivity contribution in [3.05, 3.63) is 11.6 Å². The van der Waals surface area contributed by atoms with Crippen LogP contribution in [0.1, 0.15) is 33.1 Å². The Bertz CT molecular complexity index is 144. The predicted molar refractivity (Wildman–Crippen MR) is 55.4 cm³/mol. The zero-order valence-corrected chi connectivity index (χ0v) is 9.27. The summed E-state index contributed by atoms with van der Waals surface area (Å²) in [6.45, 7) is 7.05. The van der Waals surface area contributed by atoms with Crippen molar-refractivity contribution in [2.75, 3.05) is 13.1 Å². The molecule has 2 heteroatoms. The normalized spacial score (nSPS) is 19.2. The molecule has 0 aromatic heterocycles. The van der Waals surface area contributed by atoms with Crippen LogP contribution < -0.4 is 0 Å². The minimum absolute atomic E-state index is 1.03. The number of rotatable bonds is 3. The lowest BCUT2D eigenvalue weighted by atomic mass is 10.2. The number of piperidine rings is 1. The van der Waals surface area contributed by atoms with Gasteiger partial charge in [0.1, 0.15) is 9.68 Å². The van der Waals surface area contributed by atoms with Gasteiger partial charge in [0.2, 0.25) is 0 Å². The van der Waals surface area contributed by atoms with Crippen LogP contribution in [0.25, 0.3) is 0 Å². The van der Waals surface area contributed by atoms with E-state index in [-0.39, 0.29) is 0 Å². The van der Waals surface area contributed by atoms with Crippen molar-refractivity contribution in [3.8, 4) is 0 Å². The fourth-order valence-electron chi connectivity index (χ4n) is 1.43. The van der Waals surface area contributed by atoms with Crippen molar-refractivity contribution in [3.63, 3.8) is 0 Å². The first kappa shape index (κ1) is 10.0. The molecule has 0 N–H and O–H groups in total. The van der Waals surface area contributed by atoms with Crippen molar-refractivity contribution < 1.29 is 0 Å². The van der Waals surface area contributed by atoms with Gasteiger partial charge in [-0.1, -0.05) is 18.1 Å². The zero-order chi connectivity index (χ0) is 8.81. The van der Waals surface area contributed by atoms with E-state index in [1.165, 1.54) is 44.0 Å². The van der Waals surface area contributed by atoms with Crippen LogP contribution in [-0.2, 0) is 0 Å². The number of hydrogen-bond donors (Lipinski definition) is 0. The molecule has 0 spiro atoms. The third-order valence-electron chi connectivity index (χ3n) is 2.18. The number of hydrogen-bond acceptors (Lipinski definition) is 1. The highest BCUT2D eigenvalue weighted by molar-refractivity contribution is 6.32. The molecule has 0 aliphatic carbocycles. The molecule has 68 valence electrons. The highest BCUT2D eigenvalue weighted by Gasteiger charge is 2.08. The molecule has 0 saturated carbocycles. The molecule has 1 aliphatic heterocycles. The van der Waals surface area contributed by atoms with Crippen LogP contribution in [-0.4, -0.2) is 27.3 Å². The molecule has 12 heavy (non-hydrogen) atoms. The standard InChI is InChI=1S/C10H19NSi/c1-10(2)6-9-12-11-7-4-3-5-8-11/h6H,3-5,7-9H2,1-2H3. The van der Waals surface area contributed by atoms with E-state index >= 15 is 0 Å². The highest BCUT2D eigenvalue weighted by atomic mass is 28.2. The Morgan fingerprint density at radius 1 is 1.25 bits per heavy atom. The Labute approximate surface area is 78.7 Å². The summed E-state index contributed by atoms with van der Waals surface area (Å²) in [7, 11) is 1.03. The molecule has 1 nitrogen and oxygen atoms in total. The molecular weight excluding hydrogens is 162 g/mol. The second-order valence-electron chi connectivity index (χ2n) is 3.69. The average Bonchev–Trinajstić information content (AvgIpc) is 2.05. The van der Waals surface area contributed by atoms with Gasteiger partial charge in [0.25, 0.3) is 0 Å². The molecule has 0 atom stereocenters. The maximum Gasteiger partial charge on any atom is 0.146 e. The van der Waals surface area contributed by atoms with Crippen molar-refractivity contribution in [2.24, 2.45) is 0 Å². The maximum absolute atomic E-state index is 2.61. The molecule has 1 fully saturated rings. The summed E-state index contributed by atoms with van der Waals surface area (Å²) in [5.41, 5.74) is 1.46. The average molecular weight is 181 g/mol. The summed E-state index contributed by atoms with van der Waals surface area (Å²) in [5.74, 6) is 0. The van der Waals surface area contributed by atoms with Gasteiger partial charge in [-0.15, -0.1) is 0 Å². The minimum atomic E-state index is 1.03. The molecule has 0 bridgehead atoms. The second kappa shape index (κ2) is 5.54. The minimum Gasteiger partial charge on any atom is -0.325 e. The Morgan fingerprint density at radius 3 is 2.50 bits per heavy atom. The fourth-order valence-corrected chi connectivity index (χ4v) is 2.82. The largest absolute Gasteiger partial charge is 0.325 e. The predicted octanol–water partition coefficient (Wildman–Crippen LogP) is 2.48. The summed E-state index contributed by atoms with van der Waals surface area (Å²) in [6, 6.07) is 1.27. The van der Waals surface area contributed by atoms with Crippen LogP contribution in [0.4, 0.5) is 0 Å².